The van der Waals surface area contributed by atoms with Gasteiger partial charge in [0.05, 0.1) is 10.6 Å². The monoisotopic (exact) mass is 316 g/mol. The smallest absolute Gasteiger partial charge is 0.182 e. The van der Waals surface area contributed by atoms with Gasteiger partial charge in [0.1, 0.15) is 0 Å². The maximum atomic E-state index is 12.2. The molecular weight excluding hydrogens is 307 g/mol. The first-order chi connectivity index (χ1) is 8.88. The van der Waals surface area contributed by atoms with Crippen LogP contribution < -0.4 is 0 Å². The normalized spacial score (nSPS) is 11.5. The molecular formula is C12H10Cl2N2O2S. The summed E-state index contributed by atoms with van der Waals surface area (Å²) in [6.07, 6.45) is 0. The second kappa shape index (κ2) is 5.45. The lowest BCUT2D eigenvalue weighted by molar-refractivity contribution is 0.595. The number of halogens is 2. The summed E-state index contributed by atoms with van der Waals surface area (Å²) in [6, 6.07) is 8.02. The zero-order valence-corrected chi connectivity index (χ0v) is 12.3. The molecule has 7 heteroatoms. The van der Waals surface area contributed by atoms with Gasteiger partial charge in [0.2, 0.25) is 0 Å². The molecule has 1 aromatic heterocycles. The highest BCUT2D eigenvalue weighted by Crippen LogP contribution is 2.22. The first-order valence-corrected chi connectivity index (χ1v) is 7.76. The molecule has 0 saturated heterocycles. The van der Waals surface area contributed by atoms with Crippen molar-refractivity contribution < 1.29 is 8.42 Å². The van der Waals surface area contributed by atoms with Gasteiger partial charge in [-0.15, -0.1) is 10.2 Å². The third kappa shape index (κ3) is 3.43. The number of aryl methyl sites for hydroxylation is 1. The Kier molecular flexibility index (Phi) is 4.08. The standard InChI is InChI=1S/C12H10Cl2N2O2S/c1-8-2-4-10(5-3-8)19(17,18)7-9-6-11(13)15-16-12(9)14/h2-6H,7H2,1H3. The molecule has 19 heavy (non-hydrogen) atoms. The van der Waals surface area contributed by atoms with Gasteiger partial charge in [-0.1, -0.05) is 40.9 Å². The quantitative estimate of drug-likeness (QED) is 0.873. The van der Waals surface area contributed by atoms with Crippen LogP contribution >= 0.6 is 23.2 Å². The third-order valence-corrected chi connectivity index (χ3v) is 4.70. The van der Waals surface area contributed by atoms with Crippen molar-refractivity contribution in [1.29, 1.82) is 0 Å². The fourth-order valence-electron chi connectivity index (χ4n) is 1.52. The number of hydrogen-bond donors (Lipinski definition) is 0. The Balaban J connectivity index is 2.36. The van der Waals surface area contributed by atoms with Gasteiger partial charge in [-0.3, -0.25) is 0 Å². The van der Waals surface area contributed by atoms with Gasteiger partial charge in [-0.25, -0.2) is 8.42 Å². The average Bonchev–Trinajstić information content (AvgIpc) is 2.34. The summed E-state index contributed by atoms with van der Waals surface area (Å²) in [5, 5.41) is 7.28. The lowest BCUT2D eigenvalue weighted by atomic mass is 10.2. The molecule has 0 atom stereocenters. The summed E-state index contributed by atoms with van der Waals surface area (Å²) < 4.78 is 24.5. The zero-order valence-electron chi connectivity index (χ0n) is 9.97. The third-order valence-electron chi connectivity index (χ3n) is 2.52. The van der Waals surface area contributed by atoms with Crippen LogP contribution in [-0.2, 0) is 15.6 Å². The van der Waals surface area contributed by atoms with Crippen LogP contribution in [0, 0.1) is 6.92 Å². The van der Waals surface area contributed by atoms with Crippen molar-refractivity contribution >= 4 is 33.0 Å². The molecule has 0 unspecified atom stereocenters. The minimum Gasteiger partial charge on any atom is -0.223 e. The highest BCUT2D eigenvalue weighted by Gasteiger charge is 2.18. The van der Waals surface area contributed by atoms with E-state index in [0.717, 1.165) is 5.56 Å². The van der Waals surface area contributed by atoms with E-state index in [1.165, 1.54) is 6.07 Å². The number of hydrogen-bond acceptors (Lipinski definition) is 4. The number of benzene rings is 1. The van der Waals surface area contributed by atoms with Crippen molar-refractivity contribution in [3.05, 3.63) is 51.8 Å². The van der Waals surface area contributed by atoms with Crippen molar-refractivity contribution in [2.75, 3.05) is 0 Å². The highest BCUT2D eigenvalue weighted by atomic mass is 35.5. The van der Waals surface area contributed by atoms with Crippen LogP contribution in [-0.4, -0.2) is 18.6 Å². The molecule has 1 aromatic carbocycles. The molecule has 0 aliphatic rings. The maximum Gasteiger partial charge on any atom is 0.182 e. The minimum atomic E-state index is -3.48. The van der Waals surface area contributed by atoms with Crippen LogP contribution in [0.1, 0.15) is 11.1 Å². The Bertz CT molecular complexity index is 700. The van der Waals surface area contributed by atoms with Crippen LogP contribution in [0.15, 0.2) is 35.2 Å². The van der Waals surface area contributed by atoms with E-state index in [9.17, 15) is 8.42 Å². The fourth-order valence-corrected chi connectivity index (χ4v) is 3.28. The molecule has 0 fully saturated rings. The molecule has 1 heterocycles. The van der Waals surface area contributed by atoms with Gasteiger partial charge in [0.15, 0.2) is 20.1 Å². The van der Waals surface area contributed by atoms with Crippen LogP contribution in [0.25, 0.3) is 0 Å². The molecule has 2 aromatic rings. The molecule has 0 spiro atoms. The molecule has 0 radical (unpaired) electrons. The average molecular weight is 317 g/mol. The molecule has 0 bridgehead atoms. The Morgan fingerprint density at radius 1 is 1.11 bits per heavy atom. The van der Waals surface area contributed by atoms with Crippen LogP contribution in [0.3, 0.4) is 0 Å². The van der Waals surface area contributed by atoms with Crippen LogP contribution in [0.5, 0.6) is 0 Å². The van der Waals surface area contributed by atoms with Crippen molar-refractivity contribution in [2.24, 2.45) is 0 Å². The topological polar surface area (TPSA) is 59.9 Å². The van der Waals surface area contributed by atoms with Gasteiger partial charge in [-0.05, 0) is 25.1 Å². The molecule has 0 N–H and O–H groups in total. The lowest BCUT2D eigenvalue weighted by Gasteiger charge is -2.06. The maximum absolute atomic E-state index is 12.2. The fraction of sp³-hybridized carbons (Fsp3) is 0.167. The van der Waals surface area contributed by atoms with E-state index in [0.29, 0.717) is 5.56 Å². The van der Waals surface area contributed by atoms with E-state index in [4.69, 9.17) is 23.2 Å². The Labute approximate surface area is 121 Å². The Morgan fingerprint density at radius 3 is 2.37 bits per heavy atom. The summed E-state index contributed by atoms with van der Waals surface area (Å²) in [7, 11) is -3.48. The summed E-state index contributed by atoms with van der Waals surface area (Å²) in [4.78, 5) is 0.238. The summed E-state index contributed by atoms with van der Waals surface area (Å²) in [5.41, 5.74) is 1.33. The Morgan fingerprint density at radius 2 is 1.74 bits per heavy atom. The number of sulfone groups is 1. The van der Waals surface area contributed by atoms with Gasteiger partial charge in [0, 0.05) is 5.56 Å². The first kappa shape index (κ1) is 14.2. The molecule has 0 aliphatic heterocycles. The second-order valence-corrected chi connectivity index (χ2v) is 6.79. The van der Waals surface area contributed by atoms with Gasteiger partial charge < -0.3 is 0 Å². The van der Waals surface area contributed by atoms with Gasteiger partial charge >= 0.3 is 0 Å². The largest absolute Gasteiger partial charge is 0.223 e. The van der Waals surface area contributed by atoms with E-state index in [1.54, 1.807) is 24.3 Å². The van der Waals surface area contributed by atoms with E-state index < -0.39 is 9.84 Å². The summed E-state index contributed by atoms with van der Waals surface area (Å²) in [5.74, 6) is -0.260. The number of aromatic nitrogens is 2. The molecule has 4 nitrogen and oxygen atoms in total. The SMILES string of the molecule is Cc1ccc(S(=O)(=O)Cc2cc(Cl)nnc2Cl)cc1. The minimum absolute atomic E-state index is 0.0417. The van der Waals surface area contributed by atoms with Gasteiger partial charge in [-0.2, -0.15) is 0 Å². The van der Waals surface area contributed by atoms with Crippen molar-refractivity contribution in [3.63, 3.8) is 0 Å². The second-order valence-electron chi connectivity index (χ2n) is 4.06. The molecule has 100 valence electrons. The van der Waals surface area contributed by atoms with E-state index >= 15 is 0 Å². The van der Waals surface area contributed by atoms with Crippen LogP contribution in [0.4, 0.5) is 0 Å². The van der Waals surface area contributed by atoms with Crippen molar-refractivity contribution in [2.45, 2.75) is 17.6 Å². The molecule has 0 amide bonds. The first-order valence-electron chi connectivity index (χ1n) is 5.35. The summed E-state index contributed by atoms with van der Waals surface area (Å²) >= 11 is 11.5. The van der Waals surface area contributed by atoms with E-state index in [2.05, 4.69) is 10.2 Å². The highest BCUT2D eigenvalue weighted by molar-refractivity contribution is 7.90. The number of nitrogens with zero attached hydrogens (tertiary/aromatic N) is 2. The molecule has 0 aliphatic carbocycles. The zero-order chi connectivity index (χ0) is 14.0. The lowest BCUT2D eigenvalue weighted by Crippen LogP contribution is -2.06. The van der Waals surface area contributed by atoms with Crippen LogP contribution in [0.2, 0.25) is 10.3 Å². The van der Waals surface area contributed by atoms with E-state index in [1.807, 2.05) is 6.92 Å². The summed E-state index contributed by atoms with van der Waals surface area (Å²) in [6.45, 7) is 1.89. The van der Waals surface area contributed by atoms with Crippen molar-refractivity contribution in [3.8, 4) is 0 Å². The Hall–Kier alpha value is -1.17. The molecule has 2 rings (SSSR count). The van der Waals surface area contributed by atoms with Gasteiger partial charge in [0.25, 0.3) is 0 Å². The predicted molar refractivity (Wildman–Crippen MR) is 74.1 cm³/mol. The van der Waals surface area contributed by atoms with Crippen molar-refractivity contribution in [1.82, 2.24) is 10.2 Å². The van der Waals surface area contributed by atoms with E-state index in [-0.39, 0.29) is 21.0 Å². The number of rotatable bonds is 3. The molecule has 0 saturated carbocycles. The predicted octanol–water partition coefficient (Wildman–Crippen LogP) is 3.07.